The summed E-state index contributed by atoms with van der Waals surface area (Å²) in [5.74, 6) is -0.00988. The fourth-order valence-corrected chi connectivity index (χ4v) is 6.18. The molecule has 2 N–H and O–H groups in total. The van der Waals surface area contributed by atoms with Crippen molar-refractivity contribution >= 4 is 31.7 Å². The SMILES string of the molecule is Cc1cc(CO[Si](C)(C)C(C)(C)C)ccc1NC(=O)CCCc1ccc(-c2ccccc2)c(NC(=O)OC2CCN(C)CC2)c1. The summed E-state index contributed by atoms with van der Waals surface area (Å²) in [6.45, 7) is 15.7. The van der Waals surface area contributed by atoms with E-state index in [1.807, 2.05) is 61.5 Å². The summed E-state index contributed by atoms with van der Waals surface area (Å²) >= 11 is 0. The van der Waals surface area contributed by atoms with Gasteiger partial charge in [0, 0.05) is 30.8 Å². The molecule has 3 aromatic rings. The Hall–Kier alpha value is -3.46. The molecule has 0 bridgehead atoms. The maximum atomic E-state index is 12.9. The van der Waals surface area contributed by atoms with Gasteiger partial charge in [-0.3, -0.25) is 10.1 Å². The van der Waals surface area contributed by atoms with Crippen molar-refractivity contribution in [3.8, 4) is 11.1 Å². The zero-order chi connectivity index (χ0) is 32.6. The third-order valence-corrected chi connectivity index (χ3v) is 13.7. The lowest BCUT2D eigenvalue weighted by Gasteiger charge is -2.36. The minimum atomic E-state index is -1.83. The molecule has 4 rings (SSSR count). The number of nitrogens with zero attached hydrogens (tertiary/aromatic N) is 1. The van der Waals surface area contributed by atoms with E-state index in [9.17, 15) is 9.59 Å². The van der Waals surface area contributed by atoms with Crippen molar-refractivity contribution in [3.63, 3.8) is 0 Å². The van der Waals surface area contributed by atoms with Gasteiger partial charge in [0.25, 0.3) is 0 Å². The van der Waals surface area contributed by atoms with Crippen LogP contribution in [0.2, 0.25) is 18.1 Å². The molecule has 1 aliphatic heterocycles. The van der Waals surface area contributed by atoms with Crippen LogP contribution in [-0.2, 0) is 27.0 Å². The largest absolute Gasteiger partial charge is 0.446 e. The summed E-state index contributed by atoms with van der Waals surface area (Å²) in [7, 11) is 0.256. The number of amides is 2. The molecule has 8 heteroatoms. The predicted octanol–water partition coefficient (Wildman–Crippen LogP) is 8.79. The number of rotatable bonds is 11. The maximum absolute atomic E-state index is 12.9. The molecule has 0 radical (unpaired) electrons. The van der Waals surface area contributed by atoms with Gasteiger partial charge in [-0.05, 0) is 92.2 Å². The Labute approximate surface area is 270 Å². The van der Waals surface area contributed by atoms with Crippen LogP contribution in [0.25, 0.3) is 11.1 Å². The number of piperidine rings is 1. The lowest BCUT2D eigenvalue weighted by atomic mass is 9.99. The first-order chi connectivity index (χ1) is 21.3. The quantitative estimate of drug-likeness (QED) is 0.207. The average molecular weight is 630 g/mol. The van der Waals surface area contributed by atoms with Crippen molar-refractivity contribution in [1.29, 1.82) is 0 Å². The van der Waals surface area contributed by atoms with E-state index in [-0.39, 0.29) is 17.0 Å². The van der Waals surface area contributed by atoms with Crippen LogP contribution < -0.4 is 10.6 Å². The van der Waals surface area contributed by atoms with Gasteiger partial charge in [0.05, 0.1) is 12.3 Å². The molecule has 0 aliphatic carbocycles. The lowest BCUT2D eigenvalue weighted by Crippen LogP contribution is -2.40. The number of carbonyl (C=O) groups is 2. The van der Waals surface area contributed by atoms with Gasteiger partial charge >= 0.3 is 6.09 Å². The van der Waals surface area contributed by atoms with Crippen LogP contribution >= 0.6 is 0 Å². The number of anilines is 2. The summed E-state index contributed by atoms with van der Waals surface area (Å²) in [4.78, 5) is 28.0. The molecule has 2 amide bonds. The molecule has 1 fully saturated rings. The number of hydrogen-bond donors (Lipinski definition) is 2. The van der Waals surface area contributed by atoms with E-state index in [0.29, 0.717) is 31.6 Å². The number of hydrogen-bond acceptors (Lipinski definition) is 5. The molecule has 1 aliphatic rings. The standard InChI is InChI=1S/C37H51N3O4Si/c1-27-24-29(26-43-45(6,7)37(2,3)4)17-19-33(27)38-35(41)15-11-12-28-16-18-32(30-13-9-8-10-14-30)34(25-28)39-36(42)44-31-20-22-40(5)23-21-31/h8-10,13-14,16-19,24-25,31H,11-12,15,20-23,26H2,1-7H3,(H,38,41)(H,39,42). The van der Waals surface area contributed by atoms with Crippen LogP contribution in [0.5, 0.6) is 0 Å². The Morgan fingerprint density at radius 1 is 0.911 bits per heavy atom. The Bertz CT molecular complexity index is 1440. The third kappa shape index (κ3) is 10.0. The van der Waals surface area contributed by atoms with Crippen molar-refractivity contribution in [3.05, 3.63) is 83.4 Å². The van der Waals surface area contributed by atoms with E-state index < -0.39 is 14.4 Å². The fourth-order valence-electron chi connectivity index (χ4n) is 5.22. The van der Waals surface area contributed by atoms with Gasteiger partial charge in [-0.15, -0.1) is 0 Å². The van der Waals surface area contributed by atoms with E-state index in [0.717, 1.165) is 59.4 Å². The van der Waals surface area contributed by atoms with Crippen molar-refractivity contribution < 1.29 is 18.8 Å². The van der Waals surface area contributed by atoms with E-state index in [4.69, 9.17) is 9.16 Å². The number of benzene rings is 3. The summed E-state index contributed by atoms with van der Waals surface area (Å²) in [6, 6.07) is 22.2. The molecule has 1 heterocycles. The van der Waals surface area contributed by atoms with Crippen LogP contribution in [0.15, 0.2) is 66.7 Å². The Balaban J connectivity index is 1.33. The van der Waals surface area contributed by atoms with Crippen molar-refractivity contribution in [2.75, 3.05) is 30.8 Å². The van der Waals surface area contributed by atoms with Crippen LogP contribution in [-0.4, -0.2) is 51.5 Å². The summed E-state index contributed by atoms with van der Waals surface area (Å²) in [6.07, 6.45) is 2.98. The first-order valence-corrected chi connectivity index (χ1v) is 19.1. The smallest absolute Gasteiger partial charge is 0.411 e. The first-order valence-electron chi connectivity index (χ1n) is 16.2. The fraction of sp³-hybridized carbons (Fsp3) is 0.459. The molecule has 0 atom stereocenters. The molecule has 7 nitrogen and oxygen atoms in total. The highest BCUT2D eigenvalue weighted by atomic mass is 28.4. The Morgan fingerprint density at radius 3 is 2.27 bits per heavy atom. The van der Waals surface area contributed by atoms with Gasteiger partial charge < -0.3 is 19.4 Å². The monoisotopic (exact) mass is 629 g/mol. The second kappa shape index (κ2) is 15.2. The molecule has 1 saturated heterocycles. The van der Waals surface area contributed by atoms with E-state index in [1.54, 1.807) is 0 Å². The molecule has 0 saturated carbocycles. The molecule has 45 heavy (non-hydrogen) atoms. The molecule has 0 spiro atoms. The van der Waals surface area contributed by atoms with Crippen LogP contribution in [0.1, 0.15) is 63.1 Å². The van der Waals surface area contributed by atoms with E-state index >= 15 is 0 Å². The Morgan fingerprint density at radius 2 is 1.60 bits per heavy atom. The van der Waals surface area contributed by atoms with Gasteiger partial charge in [-0.1, -0.05) is 75.4 Å². The highest BCUT2D eigenvalue weighted by Gasteiger charge is 2.37. The van der Waals surface area contributed by atoms with E-state index in [2.05, 4.69) is 68.6 Å². The van der Waals surface area contributed by atoms with Crippen LogP contribution in [0.3, 0.4) is 0 Å². The van der Waals surface area contributed by atoms with Crippen LogP contribution in [0.4, 0.5) is 16.2 Å². The summed E-state index contributed by atoms with van der Waals surface area (Å²) in [5.41, 5.74) is 6.71. The van der Waals surface area contributed by atoms with Gasteiger partial charge in [-0.25, -0.2) is 4.79 Å². The number of ether oxygens (including phenoxy) is 1. The predicted molar refractivity (Wildman–Crippen MR) is 187 cm³/mol. The first kappa shape index (κ1) is 34.4. The lowest BCUT2D eigenvalue weighted by molar-refractivity contribution is -0.116. The number of likely N-dealkylation sites (tertiary alicyclic amines) is 1. The van der Waals surface area contributed by atoms with Crippen LogP contribution in [0, 0.1) is 6.92 Å². The molecule has 242 valence electrons. The van der Waals surface area contributed by atoms with E-state index in [1.165, 1.54) is 0 Å². The zero-order valence-corrected chi connectivity index (χ0v) is 29.2. The number of nitrogens with one attached hydrogen (secondary N) is 2. The zero-order valence-electron chi connectivity index (χ0n) is 28.2. The van der Waals surface area contributed by atoms with Crippen molar-refractivity contribution in [1.82, 2.24) is 4.90 Å². The Kier molecular flexibility index (Phi) is 11.6. The van der Waals surface area contributed by atoms with Crippen molar-refractivity contribution in [2.24, 2.45) is 0 Å². The molecular weight excluding hydrogens is 579 g/mol. The second-order valence-electron chi connectivity index (χ2n) is 13.9. The summed E-state index contributed by atoms with van der Waals surface area (Å²) < 4.78 is 12.1. The average Bonchev–Trinajstić information content (AvgIpc) is 2.98. The minimum Gasteiger partial charge on any atom is -0.446 e. The van der Waals surface area contributed by atoms with Gasteiger partial charge in [0.2, 0.25) is 5.91 Å². The number of carbonyl (C=O) groups excluding carboxylic acids is 2. The summed E-state index contributed by atoms with van der Waals surface area (Å²) in [5, 5.41) is 6.26. The maximum Gasteiger partial charge on any atom is 0.411 e. The molecule has 0 aromatic heterocycles. The van der Waals surface area contributed by atoms with Gasteiger partial charge in [0.15, 0.2) is 8.32 Å². The van der Waals surface area contributed by atoms with Gasteiger partial charge in [0.1, 0.15) is 6.10 Å². The third-order valence-electron chi connectivity index (χ3n) is 9.18. The van der Waals surface area contributed by atoms with Gasteiger partial charge in [-0.2, -0.15) is 0 Å². The van der Waals surface area contributed by atoms with Crippen molar-refractivity contribution in [2.45, 2.75) is 90.6 Å². The molecule has 0 unspecified atom stereocenters. The minimum absolute atomic E-state index is 0.00988. The normalized spacial score (nSPS) is 14.6. The number of aryl methyl sites for hydroxylation is 2. The molecule has 3 aromatic carbocycles. The molecular formula is C37H51N3O4Si. The highest BCUT2D eigenvalue weighted by molar-refractivity contribution is 6.74. The highest BCUT2D eigenvalue weighted by Crippen LogP contribution is 2.37. The topological polar surface area (TPSA) is 79.9 Å². The second-order valence-corrected chi connectivity index (χ2v) is 18.7.